The molecule has 0 amide bonds. The van der Waals surface area contributed by atoms with E-state index in [-0.39, 0.29) is 63.1 Å². The molecule has 2 aromatic rings. The van der Waals surface area contributed by atoms with Gasteiger partial charge in [0.25, 0.3) is 0 Å². The van der Waals surface area contributed by atoms with Gasteiger partial charge in [0.05, 0.1) is 6.10 Å². The molecule has 5 nitrogen and oxygen atoms in total. The van der Waals surface area contributed by atoms with Crippen LogP contribution in [0.5, 0.6) is 0 Å². The molecule has 2 atom stereocenters. The van der Waals surface area contributed by atoms with E-state index >= 15 is 0 Å². The van der Waals surface area contributed by atoms with Gasteiger partial charge in [-0.15, -0.1) is 0 Å². The smallest absolute Gasteiger partial charge is 0.410 e. The second-order valence-corrected chi connectivity index (χ2v) is 4.16. The minimum Gasteiger partial charge on any atom is -0.410 e. The van der Waals surface area contributed by atoms with Crippen molar-refractivity contribution in [3.05, 3.63) is 34.2 Å². The zero-order valence-electron chi connectivity index (χ0n) is 9.63. The third kappa shape index (κ3) is 2.08. The summed E-state index contributed by atoms with van der Waals surface area (Å²) in [6.45, 7) is 0.518. The predicted octanol–water partition coefficient (Wildman–Crippen LogP) is -3.27. The van der Waals surface area contributed by atoms with Crippen LogP contribution in [0.15, 0.2) is 23.0 Å². The van der Waals surface area contributed by atoms with Crippen LogP contribution < -0.4 is 67.8 Å². The van der Waals surface area contributed by atoms with Gasteiger partial charge in [-0.3, -0.25) is 4.79 Å². The summed E-state index contributed by atoms with van der Waals surface area (Å²) in [6.07, 6.45) is -0.141. The first-order valence-corrected chi connectivity index (χ1v) is 5.28. The van der Waals surface area contributed by atoms with E-state index in [1.165, 1.54) is 0 Å². The minimum absolute atomic E-state index is 0. The zero-order chi connectivity index (χ0) is 11.3. The Balaban J connectivity index is 0.00000108. The Morgan fingerprint density at radius 2 is 2.24 bits per heavy atom. The zero-order valence-corrected chi connectivity index (χ0v) is 12.8. The van der Waals surface area contributed by atoms with Gasteiger partial charge < -0.3 is 20.4 Å². The van der Waals surface area contributed by atoms with Crippen molar-refractivity contribution in [3.8, 4) is 0 Å². The van der Waals surface area contributed by atoms with Gasteiger partial charge in [-0.2, -0.15) is 0 Å². The monoisotopic (exact) mass is 257 g/mol. The Hall–Kier alpha value is 0.0464. The van der Waals surface area contributed by atoms with Crippen molar-refractivity contribution in [1.29, 1.82) is 0 Å². The summed E-state index contributed by atoms with van der Waals surface area (Å²) in [5.41, 5.74) is 7.67. The van der Waals surface area contributed by atoms with Crippen LogP contribution in [-0.2, 0) is 6.54 Å². The molecule has 2 unspecified atom stereocenters. The molecular weight excluding hydrogens is 245 g/mol. The van der Waals surface area contributed by atoms with Gasteiger partial charge in [0, 0.05) is 6.04 Å². The average Bonchev–Trinajstić information content (AvgIpc) is 2.53. The molecule has 0 bridgehead atoms. The van der Waals surface area contributed by atoms with Crippen molar-refractivity contribution >= 4 is 11.0 Å². The molecule has 3 N–H and O–H groups in total. The van der Waals surface area contributed by atoms with Crippen LogP contribution in [0.2, 0.25) is 0 Å². The van der Waals surface area contributed by atoms with Crippen LogP contribution in [0, 0.1) is 0 Å². The molecule has 0 spiro atoms. The summed E-state index contributed by atoms with van der Waals surface area (Å²) in [5, 5.41) is 10.1. The average molecular weight is 257 g/mol. The first-order chi connectivity index (χ1) is 7.68. The standard InChI is InChI=1S/C11H13N3O2.K/c12-7-4-5-14-9-6(10(7)15)2-1-3-8(9)13-11(14)16;/h1-3,7,10,15H,4-5,12H2,(H,13,16);/q;+1/p-1. The summed E-state index contributed by atoms with van der Waals surface area (Å²) in [5.74, 6) is 0. The van der Waals surface area contributed by atoms with E-state index in [1.807, 2.05) is 0 Å². The summed E-state index contributed by atoms with van der Waals surface area (Å²) >= 11 is 0. The SMILES string of the molecule is NC1CCn2c(=O)[n-]c3cccc(c32)C1O.[K+]. The quantitative estimate of drug-likeness (QED) is 0.485. The molecule has 0 fully saturated rings. The van der Waals surface area contributed by atoms with Crippen molar-refractivity contribution in [2.24, 2.45) is 5.73 Å². The number of aryl methyl sites for hydroxylation is 1. The van der Waals surface area contributed by atoms with Gasteiger partial charge in [-0.1, -0.05) is 18.2 Å². The summed E-state index contributed by atoms with van der Waals surface area (Å²) < 4.78 is 1.60. The van der Waals surface area contributed by atoms with Gasteiger partial charge in [0.15, 0.2) is 5.69 Å². The van der Waals surface area contributed by atoms with E-state index in [0.29, 0.717) is 24.0 Å². The normalized spacial score (nSPS) is 23.2. The number of rotatable bonds is 0. The second kappa shape index (κ2) is 4.97. The Kier molecular flexibility index (Phi) is 3.94. The van der Waals surface area contributed by atoms with E-state index in [9.17, 15) is 9.90 Å². The fourth-order valence-corrected chi connectivity index (χ4v) is 2.30. The predicted molar refractivity (Wildman–Crippen MR) is 59.1 cm³/mol. The molecule has 3 rings (SSSR count). The Labute approximate surface area is 140 Å². The number of para-hydroxylation sites is 1. The largest absolute Gasteiger partial charge is 1.00 e. The molecule has 1 aliphatic heterocycles. The maximum Gasteiger partial charge on any atom is 1.00 e. The number of hydrogen-bond donors (Lipinski definition) is 2. The van der Waals surface area contributed by atoms with Gasteiger partial charge in [-0.05, 0) is 29.6 Å². The third-order valence-corrected chi connectivity index (χ3v) is 3.17. The van der Waals surface area contributed by atoms with E-state index < -0.39 is 6.10 Å². The number of nitrogens with zero attached hydrogens (tertiary/aromatic N) is 2. The number of benzene rings is 1. The Bertz CT molecular complexity index is 604. The molecule has 1 aromatic carbocycles. The maximum absolute atomic E-state index is 11.7. The number of aromatic nitrogens is 2. The Morgan fingerprint density at radius 3 is 3.00 bits per heavy atom. The van der Waals surface area contributed by atoms with Crippen LogP contribution >= 0.6 is 0 Å². The molecule has 17 heavy (non-hydrogen) atoms. The maximum atomic E-state index is 11.7. The van der Waals surface area contributed by atoms with Gasteiger partial charge in [0.2, 0.25) is 0 Å². The second-order valence-electron chi connectivity index (χ2n) is 4.16. The molecule has 0 saturated heterocycles. The van der Waals surface area contributed by atoms with E-state index in [1.54, 1.807) is 22.8 Å². The number of aliphatic hydroxyl groups excluding tert-OH is 1. The third-order valence-electron chi connectivity index (χ3n) is 3.17. The fourth-order valence-electron chi connectivity index (χ4n) is 2.30. The van der Waals surface area contributed by atoms with Gasteiger partial charge in [-0.25, -0.2) is 0 Å². The molecule has 2 heterocycles. The molecule has 1 aromatic heterocycles. The molecule has 1 aliphatic rings. The Morgan fingerprint density at radius 1 is 1.47 bits per heavy atom. The van der Waals surface area contributed by atoms with Crippen molar-refractivity contribution in [1.82, 2.24) is 9.55 Å². The number of aliphatic hydroxyl groups is 1. The van der Waals surface area contributed by atoms with Crippen LogP contribution in [0.4, 0.5) is 0 Å². The first kappa shape index (κ1) is 13.5. The van der Waals surface area contributed by atoms with E-state index in [0.717, 1.165) is 5.52 Å². The van der Waals surface area contributed by atoms with Crippen molar-refractivity contribution in [3.63, 3.8) is 0 Å². The topological polar surface area (TPSA) is 82.3 Å². The van der Waals surface area contributed by atoms with Crippen LogP contribution in [0.3, 0.4) is 0 Å². The van der Waals surface area contributed by atoms with Crippen molar-refractivity contribution < 1.29 is 56.5 Å². The van der Waals surface area contributed by atoms with Crippen LogP contribution in [0.25, 0.3) is 11.0 Å². The molecule has 0 aliphatic carbocycles. The van der Waals surface area contributed by atoms with Gasteiger partial charge >= 0.3 is 51.4 Å². The van der Waals surface area contributed by atoms with Crippen molar-refractivity contribution in [2.75, 3.05) is 0 Å². The number of hydrogen-bond acceptors (Lipinski definition) is 3. The summed E-state index contributed by atoms with van der Waals surface area (Å²) in [4.78, 5) is 15.6. The number of nitrogens with two attached hydrogens (primary N) is 1. The molecular formula is C11H12KN3O2. The number of imidazole rings is 1. The van der Waals surface area contributed by atoms with Crippen LogP contribution in [-0.4, -0.2) is 15.7 Å². The minimum atomic E-state index is -0.721. The molecule has 0 radical (unpaired) electrons. The fraction of sp³-hybridized carbons (Fsp3) is 0.364. The summed E-state index contributed by atoms with van der Waals surface area (Å²) in [7, 11) is 0. The van der Waals surface area contributed by atoms with E-state index in [2.05, 4.69) is 4.98 Å². The summed E-state index contributed by atoms with van der Waals surface area (Å²) in [6, 6.07) is 5.04. The van der Waals surface area contributed by atoms with E-state index in [4.69, 9.17) is 5.73 Å². The molecule has 84 valence electrons. The van der Waals surface area contributed by atoms with Crippen molar-refractivity contribution in [2.45, 2.75) is 25.1 Å². The molecule has 6 heteroatoms. The van der Waals surface area contributed by atoms with Gasteiger partial charge in [0.1, 0.15) is 0 Å². The van der Waals surface area contributed by atoms with Crippen LogP contribution in [0.1, 0.15) is 18.1 Å². The molecule has 0 saturated carbocycles. The first-order valence-electron chi connectivity index (χ1n) is 5.28.